The Bertz CT molecular complexity index is 992. The van der Waals surface area contributed by atoms with Crippen LogP contribution in [0.4, 0.5) is 5.69 Å². The number of benzene rings is 3. The first-order chi connectivity index (χ1) is 13.7. The highest BCUT2D eigenvalue weighted by molar-refractivity contribution is 6.74. The molecule has 3 aromatic carbocycles. The molecule has 1 unspecified atom stereocenters. The van der Waals surface area contributed by atoms with Gasteiger partial charge in [0.15, 0.2) is 0 Å². The Morgan fingerprint density at radius 2 is 1.59 bits per heavy atom. The average Bonchev–Trinajstić information content (AvgIpc) is 2.67. The molecule has 0 amide bonds. The molecule has 3 nitrogen and oxygen atoms in total. The molecule has 0 fully saturated rings. The molecular formula is C25H33NO2Si. The molecule has 0 heterocycles. The quantitative estimate of drug-likeness (QED) is 0.446. The first-order valence-electron chi connectivity index (χ1n) is 10.2. The van der Waals surface area contributed by atoms with Gasteiger partial charge in [-0.05, 0) is 58.7 Å². The van der Waals surface area contributed by atoms with E-state index in [4.69, 9.17) is 9.16 Å². The summed E-state index contributed by atoms with van der Waals surface area (Å²) in [6.45, 7) is 11.3. The Labute approximate surface area is 176 Å². The number of ether oxygens (including phenoxy) is 1. The van der Waals surface area contributed by atoms with Crippen molar-refractivity contribution in [2.45, 2.75) is 45.0 Å². The van der Waals surface area contributed by atoms with Crippen molar-refractivity contribution in [2.24, 2.45) is 0 Å². The first-order valence-corrected chi connectivity index (χ1v) is 13.1. The molecule has 0 aliphatic heterocycles. The SMILES string of the molecule is CNc1ccc(O[Si](C)(C)C(C)(C)C)cc1C(OC)c1ccc2ccccc2c1. The van der Waals surface area contributed by atoms with Gasteiger partial charge in [-0.2, -0.15) is 0 Å². The largest absolute Gasteiger partial charge is 0.543 e. The maximum absolute atomic E-state index is 6.56. The number of nitrogens with one attached hydrogen (secondary N) is 1. The minimum Gasteiger partial charge on any atom is -0.543 e. The number of fused-ring (bicyclic) bond motifs is 1. The van der Waals surface area contributed by atoms with E-state index in [9.17, 15) is 0 Å². The fraction of sp³-hybridized carbons (Fsp3) is 0.360. The number of hydrogen-bond donors (Lipinski definition) is 1. The zero-order valence-electron chi connectivity index (χ0n) is 18.7. The molecule has 1 atom stereocenters. The maximum atomic E-state index is 6.56. The molecule has 0 aliphatic carbocycles. The van der Waals surface area contributed by atoms with Gasteiger partial charge in [-0.3, -0.25) is 0 Å². The molecule has 0 spiro atoms. The van der Waals surface area contributed by atoms with Crippen molar-refractivity contribution in [1.82, 2.24) is 0 Å². The fourth-order valence-corrected chi connectivity index (χ4v) is 4.33. The number of methoxy groups -OCH3 is 1. The van der Waals surface area contributed by atoms with Gasteiger partial charge in [0.2, 0.25) is 8.32 Å². The highest BCUT2D eigenvalue weighted by Gasteiger charge is 2.39. The van der Waals surface area contributed by atoms with Gasteiger partial charge in [-0.15, -0.1) is 0 Å². The van der Waals surface area contributed by atoms with E-state index in [2.05, 4.69) is 99.8 Å². The third-order valence-corrected chi connectivity index (χ3v) is 10.4. The van der Waals surface area contributed by atoms with Gasteiger partial charge in [0.25, 0.3) is 0 Å². The van der Waals surface area contributed by atoms with Crippen LogP contribution in [0.2, 0.25) is 18.1 Å². The van der Waals surface area contributed by atoms with Gasteiger partial charge in [-0.25, -0.2) is 0 Å². The van der Waals surface area contributed by atoms with Gasteiger partial charge < -0.3 is 14.5 Å². The normalized spacial score (nSPS) is 13.3. The molecule has 0 aromatic heterocycles. The lowest BCUT2D eigenvalue weighted by atomic mass is 9.97. The maximum Gasteiger partial charge on any atom is 0.250 e. The summed E-state index contributed by atoms with van der Waals surface area (Å²) in [5.74, 6) is 0.911. The molecule has 29 heavy (non-hydrogen) atoms. The van der Waals surface area contributed by atoms with Crippen LogP contribution in [0.15, 0.2) is 60.7 Å². The molecule has 3 rings (SSSR count). The summed E-state index contributed by atoms with van der Waals surface area (Å²) in [5.41, 5.74) is 3.27. The number of rotatable bonds is 6. The van der Waals surface area contributed by atoms with Crippen molar-refractivity contribution in [3.8, 4) is 5.75 Å². The third-order valence-electron chi connectivity index (χ3n) is 6.07. The van der Waals surface area contributed by atoms with Crippen LogP contribution in [-0.2, 0) is 4.74 Å². The van der Waals surface area contributed by atoms with Crippen molar-refractivity contribution in [3.05, 3.63) is 71.8 Å². The summed E-state index contributed by atoms with van der Waals surface area (Å²) < 4.78 is 12.5. The monoisotopic (exact) mass is 407 g/mol. The second kappa shape index (κ2) is 8.21. The minimum absolute atomic E-state index is 0.147. The van der Waals surface area contributed by atoms with Crippen LogP contribution < -0.4 is 9.74 Å². The van der Waals surface area contributed by atoms with E-state index >= 15 is 0 Å². The second-order valence-electron chi connectivity index (χ2n) is 9.08. The Balaban J connectivity index is 2.03. The molecule has 0 aliphatic rings. The van der Waals surface area contributed by atoms with Crippen molar-refractivity contribution < 1.29 is 9.16 Å². The highest BCUT2D eigenvalue weighted by Crippen LogP contribution is 2.40. The lowest BCUT2D eigenvalue weighted by molar-refractivity contribution is 0.137. The van der Waals surface area contributed by atoms with Crippen molar-refractivity contribution in [2.75, 3.05) is 19.5 Å². The lowest BCUT2D eigenvalue weighted by Crippen LogP contribution is -2.43. The van der Waals surface area contributed by atoms with Gasteiger partial charge in [0.1, 0.15) is 11.9 Å². The van der Waals surface area contributed by atoms with Gasteiger partial charge in [-0.1, -0.05) is 57.2 Å². The van der Waals surface area contributed by atoms with E-state index in [0.29, 0.717) is 0 Å². The predicted molar refractivity (Wildman–Crippen MR) is 127 cm³/mol. The Morgan fingerprint density at radius 3 is 2.21 bits per heavy atom. The fourth-order valence-electron chi connectivity index (χ4n) is 3.31. The smallest absolute Gasteiger partial charge is 0.250 e. The van der Waals surface area contributed by atoms with E-state index in [1.807, 2.05) is 7.05 Å². The van der Waals surface area contributed by atoms with E-state index in [0.717, 1.165) is 22.6 Å². The first kappa shape index (κ1) is 21.4. The Morgan fingerprint density at radius 1 is 0.897 bits per heavy atom. The summed E-state index contributed by atoms with van der Waals surface area (Å²) in [4.78, 5) is 0. The summed E-state index contributed by atoms with van der Waals surface area (Å²) in [6.07, 6.45) is -0.176. The van der Waals surface area contributed by atoms with Crippen LogP contribution in [0.5, 0.6) is 5.75 Å². The van der Waals surface area contributed by atoms with Crippen LogP contribution in [-0.4, -0.2) is 22.5 Å². The summed E-state index contributed by atoms with van der Waals surface area (Å²) in [7, 11) is 1.79. The van der Waals surface area contributed by atoms with E-state index < -0.39 is 8.32 Å². The summed E-state index contributed by atoms with van der Waals surface area (Å²) in [6, 6.07) is 21.2. The Hall–Kier alpha value is -2.30. The van der Waals surface area contributed by atoms with Crippen LogP contribution in [0.25, 0.3) is 10.8 Å². The van der Waals surface area contributed by atoms with Crippen LogP contribution in [0.1, 0.15) is 38.0 Å². The van der Waals surface area contributed by atoms with Crippen LogP contribution in [0.3, 0.4) is 0 Å². The molecule has 4 heteroatoms. The minimum atomic E-state index is -1.92. The molecule has 0 radical (unpaired) electrons. The van der Waals surface area contributed by atoms with Crippen LogP contribution in [0, 0.1) is 0 Å². The van der Waals surface area contributed by atoms with E-state index in [1.54, 1.807) is 7.11 Å². The summed E-state index contributed by atoms with van der Waals surface area (Å²) in [5, 5.41) is 5.91. The third kappa shape index (κ3) is 4.49. The number of hydrogen-bond acceptors (Lipinski definition) is 3. The number of anilines is 1. The second-order valence-corrected chi connectivity index (χ2v) is 13.8. The Kier molecular flexibility index (Phi) is 6.06. The molecule has 1 N–H and O–H groups in total. The van der Waals surface area contributed by atoms with E-state index in [-0.39, 0.29) is 11.1 Å². The van der Waals surface area contributed by atoms with Gasteiger partial charge in [0, 0.05) is 25.4 Å². The highest BCUT2D eigenvalue weighted by atomic mass is 28.4. The molecule has 3 aromatic rings. The molecule has 0 bridgehead atoms. The van der Waals surface area contributed by atoms with Gasteiger partial charge in [0.05, 0.1) is 0 Å². The molecule has 0 saturated heterocycles. The standard InChI is InChI=1S/C25H33NO2Si/c1-25(2,3)29(6,7)28-21-14-15-23(26-4)22(17-21)24(27-5)20-13-12-18-10-8-9-11-19(18)16-20/h8-17,24,26H,1-7H3. The lowest BCUT2D eigenvalue weighted by Gasteiger charge is -2.36. The van der Waals surface area contributed by atoms with Crippen molar-refractivity contribution >= 4 is 24.8 Å². The topological polar surface area (TPSA) is 30.5 Å². The average molecular weight is 408 g/mol. The zero-order chi connectivity index (χ0) is 21.2. The van der Waals surface area contributed by atoms with Crippen LogP contribution >= 0.6 is 0 Å². The molecular weight excluding hydrogens is 374 g/mol. The predicted octanol–water partition coefficient (Wildman–Crippen LogP) is 7.00. The molecule has 154 valence electrons. The summed E-state index contributed by atoms with van der Waals surface area (Å²) >= 11 is 0. The van der Waals surface area contributed by atoms with E-state index in [1.165, 1.54) is 10.8 Å². The van der Waals surface area contributed by atoms with Crippen molar-refractivity contribution in [1.29, 1.82) is 0 Å². The van der Waals surface area contributed by atoms with Crippen molar-refractivity contribution in [3.63, 3.8) is 0 Å². The van der Waals surface area contributed by atoms with Gasteiger partial charge >= 0.3 is 0 Å². The molecule has 0 saturated carbocycles. The zero-order valence-corrected chi connectivity index (χ0v) is 19.7.